The van der Waals surface area contributed by atoms with Crippen molar-refractivity contribution in [3.63, 3.8) is 0 Å². The number of aromatic nitrogens is 2. The third-order valence-electron chi connectivity index (χ3n) is 4.63. The molecule has 0 spiro atoms. The Balaban J connectivity index is 1.72. The van der Waals surface area contributed by atoms with Crippen molar-refractivity contribution in [3.8, 4) is 0 Å². The van der Waals surface area contributed by atoms with Crippen LogP contribution in [0.3, 0.4) is 0 Å². The van der Waals surface area contributed by atoms with Crippen LogP contribution < -0.4 is 5.32 Å². The maximum absolute atomic E-state index is 12.2. The SMILES string of the molecule is Cc1nn(Cc2ccccc2)c(C)c1NC(=O)CC1(C(=O)O)CC1. The van der Waals surface area contributed by atoms with Crippen molar-refractivity contribution < 1.29 is 14.7 Å². The zero-order chi connectivity index (χ0) is 17.3. The number of hydrogen-bond donors (Lipinski definition) is 2. The van der Waals surface area contributed by atoms with E-state index in [0.29, 0.717) is 25.1 Å². The van der Waals surface area contributed by atoms with Crippen molar-refractivity contribution in [2.75, 3.05) is 5.32 Å². The van der Waals surface area contributed by atoms with E-state index in [-0.39, 0.29) is 12.3 Å². The normalized spacial score (nSPS) is 15.1. The van der Waals surface area contributed by atoms with Gasteiger partial charge in [0.15, 0.2) is 0 Å². The van der Waals surface area contributed by atoms with Crippen LogP contribution in [-0.4, -0.2) is 26.8 Å². The molecule has 1 aromatic heterocycles. The summed E-state index contributed by atoms with van der Waals surface area (Å²) in [6.07, 6.45) is 1.16. The van der Waals surface area contributed by atoms with E-state index in [0.717, 1.165) is 17.0 Å². The van der Waals surface area contributed by atoms with Gasteiger partial charge in [0.1, 0.15) is 0 Å². The van der Waals surface area contributed by atoms with E-state index in [1.54, 1.807) is 0 Å². The summed E-state index contributed by atoms with van der Waals surface area (Å²) in [5.74, 6) is -1.15. The topological polar surface area (TPSA) is 84.2 Å². The molecule has 3 rings (SSSR count). The van der Waals surface area contributed by atoms with Gasteiger partial charge in [-0.3, -0.25) is 14.3 Å². The minimum atomic E-state index is -0.883. The molecule has 0 unspecified atom stereocenters. The van der Waals surface area contributed by atoms with Gasteiger partial charge in [-0.1, -0.05) is 30.3 Å². The number of rotatable bonds is 6. The number of aliphatic carboxylic acids is 1. The molecule has 1 fully saturated rings. The van der Waals surface area contributed by atoms with Gasteiger partial charge in [-0.2, -0.15) is 5.10 Å². The van der Waals surface area contributed by atoms with Gasteiger partial charge in [0.25, 0.3) is 0 Å². The average Bonchev–Trinajstić information content (AvgIpc) is 3.28. The maximum atomic E-state index is 12.2. The van der Waals surface area contributed by atoms with Gasteiger partial charge in [-0.05, 0) is 32.3 Å². The summed E-state index contributed by atoms with van der Waals surface area (Å²) in [7, 11) is 0. The molecule has 1 amide bonds. The molecule has 1 aliphatic rings. The first-order valence-electron chi connectivity index (χ1n) is 8.02. The minimum Gasteiger partial charge on any atom is -0.481 e. The number of carboxylic acid groups (broad SMARTS) is 1. The van der Waals surface area contributed by atoms with E-state index in [9.17, 15) is 14.7 Å². The van der Waals surface area contributed by atoms with Crippen molar-refractivity contribution in [1.29, 1.82) is 0 Å². The van der Waals surface area contributed by atoms with Crippen molar-refractivity contribution in [3.05, 3.63) is 47.3 Å². The van der Waals surface area contributed by atoms with E-state index >= 15 is 0 Å². The van der Waals surface area contributed by atoms with Gasteiger partial charge in [-0.25, -0.2) is 0 Å². The monoisotopic (exact) mass is 327 g/mol. The summed E-state index contributed by atoms with van der Waals surface area (Å²) in [5, 5.41) is 16.5. The number of anilines is 1. The number of carboxylic acids is 1. The van der Waals surface area contributed by atoms with Crippen molar-refractivity contribution >= 4 is 17.6 Å². The van der Waals surface area contributed by atoms with Crippen LogP contribution in [0, 0.1) is 19.3 Å². The Bertz CT molecular complexity index is 776. The number of amides is 1. The minimum absolute atomic E-state index is 0.0189. The third kappa shape index (κ3) is 3.18. The number of carbonyl (C=O) groups is 2. The average molecular weight is 327 g/mol. The van der Waals surface area contributed by atoms with Gasteiger partial charge in [-0.15, -0.1) is 0 Å². The fraction of sp³-hybridized carbons (Fsp3) is 0.389. The third-order valence-corrected chi connectivity index (χ3v) is 4.63. The lowest BCUT2D eigenvalue weighted by atomic mass is 10.0. The quantitative estimate of drug-likeness (QED) is 0.854. The number of nitrogens with zero attached hydrogens (tertiary/aromatic N) is 2. The molecule has 1 aromatic carbocycles. The predicted molar refractivity (Wildman–Crippen MR) is 89.8 cm³/mol. The summed E-state index contributed by atoms with van der Waals surface area (Å²) < 4.78 is 1.85. The zero-order valence-corrected chi connectivity index (χ0v) is 13.9. The van der Waals surface area contributed by atoms with Crippen LogP contribution in [0.4, 0.5) is 5.69 Å². The van der Waals surface area contributed by atoms with E-state index in [1.807, 2.05) is 48.9 Å². The molecule has 2 N–H and O–H groups in total. The molecule has 24 heavy (non-hydrogen) atoms. The van der Waals surface area contributed by atoms with Gasteiger partial charge in [0.05, 0.1) is 29.0 Å². The second-order valence-corrected chi connectivity index (χ2v) is 6.50. The lowest BCUT2D eigenvalue weighted by Gasteiger charge is -2.10. The molecule has 0 saturated heterocycles. The fourth-order valence-corrected chi connectivity index (χ4v) is 2.90. The van der Waals surface area contributed by atoms with Gasteiger partial charge in [0, 0.05) is 6.42 Å². The summed E-state index contributed by atoms with van der Waals surface area (Å²) in [5.41, 5.74) is 2.55. The number of aryl methyl sites for hydroxylation is 1. The van der Waals surface area contributed by atoms with Crippen LogP contribution >= 0.6 is 0 Å². The van der Waals surface area contributed by atoms with E-state index < -0.39 is 11.4 Å². The van der Waals surface area contributed by atoms with Crippen LogP contribution in [0.5, 0.6) is 0 Å². The summed E-state index contributed by atoms with van der Waals surface area (Å²) >= 11 is 0. The van der Waals surface area contributed by atoms with Crippen LogP contribution in [0.2, 0.25) is 0 Å². The lowest BCUT2D eigenvalue weighted by molar-refractivity contribution is -0.145. The Kier molecular flexibility index (Phi) is 4.13. The maximum Gasteiger partial charge on any atom is 0.310 e. The second-order valence-electron chi connectivity index (χ2n) is 6.50. The van der Waals surface area contributed by atoms with Crippen LogP contribution in [0.1, 0.15) is 36.2 Å². The van der Waals surface area contributed by atoms with E-state index in [2.05, 4.69) is 10.4 Å². The largest absolute Gasteiger partial charge is 0.481 e. The molecule has 0 atom stereocenters. The highest BCUT2D eigenvalue weighted by Crippen LogP contribution is 2.49. The van der Waals surface area contributed by atoms with Crippen molar-refractivity contribution in [1.82, 2.24) is 9.78 Å². The van der Waals surface area contributed by atoms with E-state index in [1.165, 1.54) is 0 Å². The Morgan fingerprint density at radius 2 is 1.92 bits per heavy atom. The standard InChI is InChI=1S/C18H21N3O3/c1-12-16(19-15(22)10-18(8-9-18)17(23)24)13(2)21(20-12)11-14-6-4-3-5-7-14/h3-7H,8-11H2,1-2H3,(H,19,22)(H,23,24). The highest BCUT2D eigenvalue weighted by Gasteiger charge is 2.51. The van der Waals surface area contributed by atoms with Gasteiger partial charge < -0.3 is 10.4 Å². The van der Waals surface area contributed by atoms with Gasteiger partial charge in [0.2, 0.25) is 5.91 Å². The Labute approximate surface area is 140 Å². The summed E-state index contributed by atoms with van der Waals surface area (Å²) in [4.78, 5) is 23.4. The van der Waals surface area contributed by atoms with Crippen LogP contribution in [0.15, 0.2) is 30.3 Å². The highest BCUT2D eigenvalue weighted by atomic mass is 16.4. The number of benzene rings is 1. The zero-order valence-electron chi connectivity index (χ0n) is 13.9. The summed E-state index contributed by atoms with van der Waals surface area (Å²) in [6.45, 7) is 4.37. The molecule has 0 aliphatic heterocycles. The smallest absolute Gasteiger partial charge is 0.310 e. The number of nitrogens with one attached hydrogen (secondary N) is 1. The Morgan fingerprint density at radius 1 is 1.25 bits per heavy atom. The molecule has 1 saturated carbocycles. The second kappa shape index (κ2) is 6.11. The Hall–Kier alpha value is -2.63. The first-order valence-corrected chi connectivity index (χ1v) is 8.02. The fourth-order valence-electron chi connectivity index (χ4n) is 2.90. The van der Waals surface area contributed by atoms with E-state index in [4.69, 9.17) is 0 Å². The highest BCUT2D eigenvalue weighted by molar-refractivity contribution is 5.96. The molecular formula is C18H21N3O3. The molecular weight excluding hydrogens is 306 g/mol. The summed E-state index contributed by atoms with van der Waals surface area (Å²) in [6, 6.07) is 9.97. The molecule has 1 heterocycles. The molecule has 2 aromatic rings. The first-order chi connectivity index (χ1) is 11.4. The van der Waals surface area contributed by atoms with Crippen LogP contribution in [-0.2, 0) is 16.1 Å². The predicted octanol–water partition coefficient (Wildman–Crippen LogP) is 2.74. The van der Waals surface area contributed by atoms with Crippen molar-refractivity contribution in [2.24, 2.45) is 5.41 Å². The molecule has 6 heteroatoms. The number of hydrogen-bond acceptors (Lipinski definition) is 3. The Morgan fingerprint density at radius 3 is 2.50 bits per heavy atom. The van der Waals surface area contributed by atoms with Gasteiger partial charge >= 0.3 is 5.97 Å². The molecule has 6 nitrogen and oxygen atoms in total. The molecule has 1 aliphatic carbocycles. The molecule has 0 radical (unpaired) electrons. The molecule has 0 bridgehead atoms. The number of carbonyl (C=O) groups excluding carboxylic acids is 1. The van der Waals surface area contributed by atoms with Crippen LogP contribution in [0.25, 0.3) is 0 Å². The lowest BCUT2D eigenvalue weighted by Crippen LogP contribution is -2.23. The molecule has 126 valence electrons. The first kappa shape index (κ1) is 16.2. The van der Waals surface area contributed by atoms with Crippen molar-refractivity contribution in [2.45, 2.75) is 39.7 Å².